The standard InChI is InChI=1S/C19H25N5OS/c1-13-4-6-16(7-5-13)19(3,21-18(25)15-8-9-26-12-15)17-11-24(23-22-17)14(2)10-20/h8-9,11-14,16H,4-7H2,1-3H3,(H,21,25)/t13?,14-,16?,19+/m1/s1. The fourth-order valence-corrected chi connectivity index (χ4v) is 4.31. The van der Waals surface area contributed by atoms with Gasteiger partial charge in [0.2, 0.25) is 0 Å². The molecule has 0 bridgehead atoms. The van der Waals surface area contributed by atoms with Crippen LogP contribution in [-0.4, -0.2) is 20.9 Å². The van der Waals surface area contributed by atoms with Gasteiger partial charge >= 0.3 is 0 Å². The summed E-state index contributed by atoms with van der Waals surface area (Å²) in [5.41, 5.74) is 0.790. The van der Waals surface area contributed by atoms with Gasteiger partial charge in [-0.05, 0) is 50.0 Å². The van der Waals surface area contributed by atoms with E-state index in [1.165, 1.54) is 11.3 Å². The van der Waals surface area contributed by atoms with Crippen LogP contribution in [-0.2, 0) is 5.54 Å². The normalized spacial score (nSPS) is 23.6. The van der Waals surface area contributed by atoms with Gasteiger partial charge in [0.15, 0.2) is 0 Å². The molecule has 1 saturated carbocycles. The molecule has 138 valence electrons. The second-order valence-electron chi connectivity index (χ2n) is 7.51. The highest BCUT2D eigenvalue weighted by molar-refractivity contribution is 7.08. The average Bonchev–Trinajstić information content (AvgIpc) is 3.33. The van der Waals surface area contributed by atoms with Gasteiger partial charge in [-0.1, -0.05) is 25.0 Å². The first-order valence-corrected chi connectivity index (χ1v) is 10.0. The first kappa shape index (κ1) is 18.6. The Balaban J connectivity index is 1.91. The highest BCUT2D eigenvalue weighted by atomic mass is 32.1. The summed E-state index contributed by atoms with van der Waals surface area (Å²) >= 11 is 1.51. The predicted octanol–water partition coefficient (Wildman–Crippen LogP) is 3.90. The molecule has 2 aromatic heterocycles. The highest BCUT2D eigenvalue weighted by Gasteiger charge is 2.41. The quantitative estimate of drug-likeness (QED) is 0.864. The van der Waals surface area contributed by atoms with E-state index in [0.29, 0.717) is 11.5 Å². The van der Waals surface area contributed by atoms with Crippen LogP contribution in [0.5, 0.6) is 0 Å². The van der Waals surface area contributed by atoms with E-state index < -0.39 is 5.54 Å². The third-order valence-electron chi connectivity index (χ3n) is 5.61. The number of thiophene rings is 1. The van der Waals surface area contributed by atoms with Crippen LogP contribution in [0.2, 0.25) is 0 Å². The Kier molecular flexibility index (Phi) is 5.42. The van der Waals surface area contributed by atoms with E-state index in [2.05, 4.69) is 28.6 Å². The summed E-state index contributed by atoms with van der Waals surface area (Å²) in [5, 5.41) is 24.6. The first-order chi connectivity index (χ1) is 12.4. The van der Waals surface area contributed by atoms with E-state index in [1.54, 1.807) is 17.8 Å². The average molecular weight is 372 g/mol. The minimum Gasteiger partial charge on any atom is -0.341 e. The smallest absolute Gasteiger partial charge is 0.252 e. The van der Waals surface area contributed by atoms with Gasteiger partial charge in [0.25, 0.3) is 5.91 Å². The summed E-state index contributed by atoms with van der Waals surface area (Å²) < 4.78 is 1.57. The van der Waals surface area contributed by atoms with Gasteiger partial charge in [0, 0.05) is 5.38 Å². The molecule has 26 heavy (non-hydrogen) atoms. The van der Waals surface area contributed by atoms with Crippen LogP contribution in [0.15, 0.2) is 23.0 Å². The molecule has 0 aliphatic heterocycles. The highest BCUT2D eigenvalue weighted by Crippen LogP contribution is 2.40. The van der Waals surface area contributed by atoms with E-state index in [4.69, 9.17) is 5.26 Å². The molecule has 0 unspecified atom stereocenters. The Labute approximate surface area is 158 Å². The fourth-order valence-electron chi connectivity index (χ4n) is 3.68. The third kappa shape index (κ3) is 3.65. The lowest BCUT2D eigenvalue weighted by Crippen LogP contribution is -2.50. The minimum absolute atomic E-state index is 0.0877. The number of rotatable bonds is 5. The Morgan fingerprint density at radius 2 is 2.19 bits per heavy atom. The summed E-state index contributed by atoms with van der Waals surface area (Å²) in [6.45, 7) is 6.10. The Morgan fingerprint density at radius 1 is 1.46 bits per heavy atom. The molecule has 0 saturated heterocycles. The van der Waals surface area contributed by atoms with Crippen LogP contribution >= 0.6 is 11.3 Å². The zero-order chi connectivity index (χ0) is 18.7. The van der Waals surface area contributed by atoms with E-state index >= 15 is 0 Å². The number of nitrogens with zero attached hydrogens (tertiary/aromatic N) is 4. The molecule has 2 aromatic rings. The molecule has 0 radical (unpaired) electrons. The maximum Gasteiger partial charge on any atom is 0.252 e. The summed E-state index contributed by atoms with van der Waals surface area (Å²) in [6, 6.07) is 3.61. The Bertz CT molecular complexity index is 785. The molecule has 1 fully saturated rings. The third-order valence-corrected chi connectivity index (χ3v) is 6.30. The van der Waals surface area contributed by atoms with E-state index in [1.807, 2.05) is 23.8 Å². The molecule has 6 nitrogen and oxygen atoms in total. The van der Waals surface area contributed by atoms with Crippen molar-refractivity contribution in [2.75, 3.05) is 0 Å². The molecule has 0 spiro atoms. The van der Waals surface area contributed by atoms with Crippen LogP contribution in [0.25, 0.3) is 0 Å². The number of hydrogen-bond donors (Lipinski definition) is 1. The fraction of sp³-hybridized carbons (Fsp3) is 0.579. The number of carbonyl (C=O) groups is 1. The molecule has 1 aliphatic rings. The van der Waals surface area contributed by atoms with Gasteiger partial charge in [0.05, 0.1) is 23.4 Å². The number of hydrogen-bond acceptors (Lipinski definition) is 5. The molecule has 1 aliphatic carbocycles. The molecular formula is C19H25N5OS. The summed E-state index contributed by atoms with van der Waals surface area (Å²) in [6.07, 6.45) is 6.19. The lowest BCUT2D eigenvalue weighted by Gasteiger charge is -2.40. The number of nitriles is 1. The van der Waals surface area contributed by atoms with Gasteiger partial charge in [-0.25, -0.2) is 4.68 Å². The minimum atomic E-state index is -0.605. The second kappa shape index (κ2) is 7.58. The van der Waals surface area contributed by atoms with E-state index in [9.17, 15) is 4.79 Å². The van der Waals surface area contributed by atoms with Gasteiger partial charge < -0.3 is 5.32 Å². The van der Waals surface area contributed by atoms with Crippen molar-refractivity contribution in [3.05, 3.63) is 34.3 Å². The monoisotopic (exact) mass is 371 g/mol. The predicted molar refractivity (Wildman–Crippen MR) is 101 cm³/mol. The molecule has 1 amide bonds. The van der Waals surface area contributed by atoms with Crippen LogP contribution in [0.3, 0.4) is 0 Å². The van der Waals surface area contributed by atoms with E-state index in [0.717, 1.165) is 37.3 Å². The molecule has 2 heterocycles. The molecular weight excluding hydrogens is 346 g/mol. The van der Waals surface area contributed by atoms with Crippen molar-refractivity contribution in [1.29, 1.82) is 5.26 Å². The zero-order valence-electron chi connectivity index (χ0n) is 15.5. The van der Waals surface area contributed by atoms with Crippen molar-refractivity contribution in [2.45, 2.75) is 58.0 Å². The molecule has 1 N–H and O–H groups in total. The lowest BCUT2D eigenvalue weighted by molar-refractivity contribution is 0.0813. The molecule has 2 atom stereocenters. The molecule has 3 rings (SSSR count). The van der Waals surface area contributed by atoms with Crippen molar-refractivity contribution < 1.29 is 4.79 Å². The summed E-state index contributed by atoms with van der Waals surface area (Å²) in [7, 11) is 0. The zero-order valence-corrected chi connectivity index (χ0v) is 16.3. The van der Waals surface area contributed by atoms with Crippen molar-refractivity contribution in [2.24, 2.45) is 11.8 Å². The van der Waals surface area contributed by atoms with Gasteiger partial charge in [-0.2, -0.15) is 16.6 Å². The van der Waals surface area contributed by atoms with Crippen molar-refractivity contribution in [1.82, 2.24) is 20.3 Å². The maximum atomic E-state index is 12.8. The van der Waals surface area contributed by atoms with Gasteiger partial charge in [-0.15, -0.1) is 5.10 Å². The van der Waals surface area contributed by atoms with E-state index in [-0.39, 0.29) is 11.9 Å². The molecule has 7 heteroatoms. The maximum absolute atomic E-state index is 12.8. The van der Waals surface area contributed by atoms with Gasteiger partial charge in [0.1, 0.15) is 11.7 Å². The van der Waals surface area contributed by atoms with Crippen molar-refractivity contribution >= 4 is 17.2 Å². The van der Waals surface area contributed by atoms with Crippen LogP contribution < -0.4 is 5.32 Å². The summed E-state index contributed by atoms with van der Waals surface area (Å²) in [4.78, 5) is 12.8. The van der Waals surface area contributed by atoms with Gasteiger partial charge in [-0.3, -0.25) is 4.79 Å². The van der Waals surface area contributed by atoms with Crippen LogP contribution in [0.1, 0.15) is 68.5 Å². The second-order valence-corrected chi connectivity index (χ2v) is 8.29. The summed E-state index contributed by atoms with van der Waals surface area (Å²) in [5.74, 6) is 0.927. The SMILES string of the molecule is CC1CCC([C@](C)(NC(=O)c2ccsc2)c2cn([C@H](C)C#N)nn2)CC1. The topological polar surface area (TPSA) is 83.6 Å². The number of aromatic nitrogens is 3. The van der Waals surface area contributed by atoms with Crippen LogP contribution in [0, 0.1) is 23.2 Å². The Morgan fingerprint density at radius 3 is 2.81 bits per heavy atom. The number of nitrogens with one attached hydrogen (secondary N) is 1. The van der Waals surface area contributed by atoms with Crippen molar-refractivity contribution in [3.63, 3.8) is 0 Å². The van der Waals surface area contributed by atoms with Crippen molar-refractivity contribution in [3.8, 4) is 6.07 Å². The number of amides is 1. The first-order valence-electron chi connectivity index (χ1n) is 9.10. The molecule has 0 aromatic carbocycles. The number of carbonyl (C=O) groups excluding carboxylic acids is 1. The van der Waals surface area contributed by atoms with Crippen LogP contribution in [0.4, 0.5) is 0 Å². The largest absolute Gasteiger partial charge is 0.341 e. The lowest BCUT2D eigenvalue weighted by atomic mass is 9.71. The Hall–Kier alpha value is -2.20.